The summed E-state index contributed by atoms with van der Waals surface area (Å²) in [4.78, 5) is 16.7. The van der Waals surface area contributed by atoms with E-state index < -0.39 is 0 Å². The van der Waals surface area contributed by atoms with Gasteiger partial charge in [-0.3, -0.25) is 4.79 Å². The molecule has 2 aromatic carbocycles. The molecule has 1 aliphatic heterocycles. The first-order chi connectivity index (χ1) is 8.27. The number of halogens is 2. The first kappa shape index (κ1) is 11.2. The molecule has 2 nitrogen and oxygen atoms in total. The Hall–Kier alpha value is -0.880. The minimum absolute atomic E-state index is 0.0116. The topological polar surface area (TPSA) is 29.4 Å². The molecule has 0 aliphatic carbocycles. The maximum Gasteiger partial charge on any atom is 0.212 e. The lowest BCUT2D eigenvalue weighted by molar-refractivity contribution is 1.53. The second-order valence-electron chi connectivity index (χ2n) is 3.63. The third-order valence-corrected chi connectivity index (χ3v) is 4.90. The molecule has 0 saturated carbocycles. The summed E-state index contributed by atoms with van der Waals surface area (Å²) in [6.45, 7) is 0. The van der Waals surface area contributed by atoms with Crippen molar-refractivity contribution in [2.45, 2.75) is 0 Å². The van der Waals surface area contributed by atoms with Crippen molar-refractivity contribution >= 4 is 61.4 Å². The van der Waals surface area contributed by atoms with Gasteiger partial charge in [-0.1, -0.05) is 60.9 Å². The number of hydrogen-bond acceptors (Lipinski definition) is 2. The highest BCUT2D eigenvalue weighted by Gasteiger charge is 2.10. The quantitative estimate of drug-likeness (QED) is 0.620. The summed E-state index contributed by atoms with van der Waals surface area (Å²) in [6, 6.07) is 9.61. The Morgan fingerprint density at radius 1 is 1.18 bits per heavy atom. The van der Waals surface area contributed by atoms with E-state index in [0.717, 1.165) is 15.4 Å². The van der Waals surface area contributed by atoms with Crippen LogP contribution >= 0.6 is 36.7 Å². The summed E-state index contributed by atoms with van der Waals surface area (Å²) in [6.07, 6.45) is 0. The number of nitrogens with zero attached hydrogens (tertiary/aromatic N) is 1. The Labute approximate surface area is 116 Å². The van der Waals surface area contributed by atoms with Gasteiger partial charge in [-0.15, -0.1) is 0 Å². The molecule has 0 spiro atoms. The van der Waals surface area contributed by atoms with Crippen molar-refractivity contribution in [3.05, 3.63) is 50.6 Å². The standard InChI is InChI=1S/C13H7BrINO/c14-11-5-8-6-15-7-16-12(8)13(17)10-4-2-1-3-9(10)11/h1-7H. The van der Waals surface area contributed by atoms with E-state index in [2.05, 4.69) is 24.9 Å². The number of aliphatic imine (C=N–C) groups is 1. The van der Waals surface area contributed by atoms with Crippen molar-refractivity contribution in [2.24, 2.45) is 4.99 Å². The zero-order valence-electron chi connectivity index (χ0n) is 8.65. The minimum Gasteiger partial charge on any atom is -0.287 e. The molecular formula is C13H7BrINO. The molecule has 0 N–H and O–H groups in total. The summed E-state index contributed by atoms with van der Waals surface area (Å²) in [7, 11) is 0. The lowest BCUT2D eigenvalue weighted by atomic mass is 10.2. The van der Waals surface area contributed by atoms with Crippen LogP contribution in [-0.4, -0.2) is 8.23 Å². The molecule has 0 radical (unpaired) electrons. The molecule has 0 aromatic heterocycles. The van der Waals surface area contributed by atoms with E-state index in [4.69, 9.17) is 0 Å². The van der Waals surface area contributed by atoms with Crippen molar-refractivity contribution in [1.82, 2.24) is 0 Å². The second-order valence-corrected chi connectivity index (χ2v) is 6.39. The average molecular weight is 400 g/mol. The van der Waals surface area contributed by atoms with Gasteiger partial charge in [0, 0.05) is 15.4 Å². The van der Waals surface area contributed by atoms with Crippen molar-refractivity contribution in [3.63, 3.8) is 0 Å². The van der Waals surface area contributed by atoms with Crippen molar-refractivity contribution in [3.8, 4) is 0 Å². The largest absolute Gasteiger partial charge is 0.287 e. The van der Waals surface area contributed by atoms with Crippen LogP contribution in [0.15, 0.2) is 44.6 Å². The van der Waals surface area contributed by atoms with Crippen LogP contribution in [0.5, 0.6) is 0 Å². The molecule has 17 heavy (non-hydrogen) atoms. The van der Waals surface area contributed by atoms with Gasteiger partial charge in [0.1, 0.15) is 5.69 Å². The third kappa shape index (κ3) is 1.89. The Kier molecular flexibility index (Phi) is 2.92. The molecular weight excluding hydrogens is 393 g/mol. The monoisotopic (exact) mass is 399 g/mol. The fourth-order valence-electron chi connectivity index (χ4n) is 1.82. The van der Waals surface area contributed by atoms with Gasteiger partial charge < -0.3 is 0 Å². The van der Waals surface area contributed by atoms with Crippen LogP contribution < -0.4 is 5.43 Å². The molecule has 0 atom stereocenters. The predicted octanol–water partition coefficient (Wildman–Crippen LogP) is 3.76. The number of hydrogen-bond donors (Lipinski definition) is 0. The fourth-order valence-corrected chi connectivity index (χ4v) is 3.87. The van der Waals surface area contributed by atoms with Crippen LogP contribution in [0.2, 0.25) is 0 Å². The molecule has 0 saturated heterocycles. The Bertz CT molecular complexity index is 737. The SMILES string of the molecule is O=c1c2c(cc(Br)c3ccccc13)C=IC=N2. The first-order valence-corrected chi connectivity index (χ1v) is 8.29. The maximum atomic E-state index is 12.4. The molecule has 1 aliphatic rings. The summed E-state index contributed by atoms with van der Waals surface area (Å²) in [5, 5.41) is 1.65. The normalized spacial score (nSPS) is 13.2. The van der Waals surface area contributed by atoms with Gasteiger partial charge in [0.05, 0.1) is 4.22 Å². The van der Waals surface area contributed by atoms with E-state index in [-0.39, 0.29) is 26.2 Å². The van der Waals surface area contributed by atoms with Crippen LogP contribution in [-0.2, 0) is 0 Å². The number of fused-ring (bicyclic) bond motifs is 2. The van der Waals surface area contributed by atoms with Crippen LogP contribution in [0.3, 0.4) is 0 Å². The molecule has 0 fully saturated rings. The minimum atomic E-state index is -0.152. The van der Waals surface area contributed by atoms with Crippen LogP contribution in [0.4, 0.5) is 5.69 Å². The smallest absolute Gasteiger partial charge is 0.212 e. The third-order valence-electron chi connectivity index (χ3n) is 2.61. The Morgan fingerprint density at radius 2 is 1.94 bits per heavy atom. The zero-order valence-corrected chi connectivity index (χ0v) is 12.4. The fraction of sp³-hybridized carbons (Fsp3) is 0. The van der Waals surface area contributed by atoms with E-state index in [1.807, 2.05) is 34.6 Å². The molecule has 0 bridgehead atoms. The molecule has 0 amide bonds. The number of rotatable bonds is 0. The van der Waals surface area contributed by atoms with Gasteiger partial charge in [0.25, 0.3) is 0 Å². The van der Waals surface area contributed by atoms with Gasteiger partial charge >= 0.3 is 0 Å². The summed E-state index contributed by atoms with van der Waals surface area (Å²) >= 11 is 3.39. The van der Waals surface area contributed by atoms with Crippen molar-refractivity contribution in [2.75, 3.05) is 0 Å². The highest BCUT2D eigenvalue weighted by Crippen LogP contribution is 2.27. The Morgan fingerprint density at radius 3 is 2.76 bits per heavy atom. The van der Waals surface area contributed by atoms with Gasteiger partial charge in [0.15, 0.2) is 0 Å². The van der Waals surface area contributed by atoms with E-state index in [1.165, 1.54) is 0 Å². The highest BCUT2D eigenvalue weighted by molar-refractivity contribution is 14.2. The molecule has 2 aromatic rings. The van der Waals surface area contributed by atoms with E-state index >= 15 is 0 Å². The summed E-state index contributed by atoms with van der Waals surface area (Å²) < 4.78 is 4.96. The predicted molar refractivity (Wildman–Crippen MR) is 85.3 cm³/mol. The Balaban J connectivity index is 2.62. The van der Waals surface area contributed by atoms with Gasteiger partial charge in [-0.05, 0) is 15.5 Å². The summed E-state index contributed by atoms with van der Waals surface area (Å²) in [5.41, 5.74) is 1.53. The van der Waals surface area contributed by atoms with Crippen molar-refractivity contribution in [1.29, 1.82) is 0 Å². The second kappa shape index (κ2) is 4.42. The van der Waals surface area contributed by atoms with E-state index in [9.17, 15) is 4.79 Å². The van der Waals surface area contributed by atoms with Crippen LogP contribution in [0, 0.1) is 0 Å². The summed E-state index contributed by atoms with van der Waals surface area (Å²) in [5.74, 6) is 0. The van der Waals surface area contributed by atoms with E-state index in [1.54, 1.807) is 0 Å². The lowest BCUT2D eigenvalue weighted by Gasteiger charge is -1.97. The molecule has 4 heteroatoms. The first-order valence-electron chi connectivity index (χ1n) is 5.00. The van der Waals surface area contributed by atoms with Gasteiger partial charge in [-0.2, -0.15) is 0 Å². The van der Waals surface area contributed by atoms with Crippen molar-refractivity contribution < 1.29 is 0 Å². The lowest BCUT2D eigenvalue weighted by Crippen LogP contribution is -2.00. The highest BCUT2D eigenvalue weighted by atomic mass is 127. The average Bonchev–Trinajstić information content (AvgIpc) is 2.48. The molecule has 84 valence electrons. The van der Waals surface area contributed by atoms with Gasteiger partial charge in [0.2, 0.25) is 5.43 Å². The molecule has 0 unspecified atom stereocenters. The maximum absolute atomic E-state index is 12.4. The van der Waals surface area contributed by atoms with Gasteiger partial charge in [-0.25, -0.2) is 4.99 Å². The van der Waals surface area contributed by atoms with E-state index in [0.29, 0.717) is 11.1 Å². The number of benzene rings is 1. The van der Waals surface area contributed by atoms with Crippen LogP contribution in [0.1, 0.15) is 5.56 Å². The molecule has 3 rings (SSSR count). The van der Waals surface area contributed by atoms with Crippen LogP contribution in [0.25, 0.3) is 10.8 Å². The molecule has 1 heterocycles. The zero-order chi connectivity index (χ0) is 11.8.